The molecule has 0 radical (unpaired) electrons. The van der Waals surface area contributed by atoms with E-state index in [1.54, 1.807) is 25.1 Å². The van der Waals surface area contributed by atoms with E-state index in [0.717, 1.165) is 28.3 Å². The molecule has 0 bridgehead atoms. The normalized spacial score (nSPS) is 11.8. The first-order valence-electron chi connectivity index (χ1n) is 8.47. The minimum Gasteiger partial charge on any atom is -0.495 e. The Labute approximate surface area is 167 Å². The first-order chi connectivity index (χ1) is 13.4. The van der Waals surface area contributed by atoms with Crippen molar-refractivity contribution < 1.29 is 31.1 Å². The fourth-order valence-electron chi connectivity index (χ4n) is 2.62. The number of amides is 1. The number of alkyl halides is 3. The summed E-state index contributed by atoms with van der Waals surface area (Å²) in [4.78, 5) is 12.3. The number of nitrogens with zero attached hydrogens (tertiary/aromatic N) is 1. The number of carbonyl (C=O) groups excluding carboxylic acids is 1. The number of halogens is 3. The summed E-state index contributed by atoms with van der Waals surface area (Å²) in [5.41, 5.74) is 0.377. The van der Waals surface area contributed by atoms with E-state index in [2.05, 4.69) is 5.32 Å². The number of rotatable bonds is 7. The molecule has 158 valence electrons. The van der Waals surface area contributed by atoms with Crippen LogP contribution in [0.3, 0.4) is 0 Å². The van der Waals surface area contributed by atoms with Crippen LogP contribution in [0, 0.1) is 6.92 Å². The molecule has 1 amide bonds. The predicted molar refractivity (Wildman–Crippen MR) is 103 cm³/mol. The van der Waals surface area contributed by atoms with Crippen molar-refractivity contribution in [1.82, 2.24) is 5.32 Å². The molecule has 0 heterocycles. The van der Waals surface area contributed by atoms with Crippen LogP contribution in [0.25, 0.3) is 0 Å². The smallest absolute Gasteiger partial charge is 0.416 e. The van der Waals surface area contributed by atoms with Gasteiger partial charge in [-0.15, -0.1) is 0 Å². The number of benzene rings is 2. The largest absolute Gasteiger partial charge is 0.495 e. The molecule has 0 unspecified atom stereocenters. The number of aryl methyl sites for hydroxylation is 1. The van der Waals surface area contributed by atoms with Crippen molar-refractivity contribution in [2.45, 2.75) is 19.6 Å². The zero-order valence-electron chi connectivity index (χ0n) is 16.1. The Bertz CT molecular complexity index is 991. The Morgan fingerprint density at radius 2 is 1.86 bits per heavy atom. The number of methoxy groups -OCH3 is 1. The maximum Gasteiger partial charge on any atom is 0.416 e. The molecule has 0 spiro atoms. The maximum absolute atomic E-state index is 12.8. The first-order valence-corrected chi connectivity index (χ1v) is 10.3. The number of nitrogens with one attached hydrogen (secondary N) is 1. The van der Waals surface area contributed by atoms with Crippen LogP contribution in [0.5, 0.6) is 5.75 Å². The summed E-state index contributed by atoms with van der Waals surface area (Å²) < 4.78 is 68.9. The van der Waals surface area contributed by atoms with E-state index in [0.29, 0.717) is 0 Å². The highest BCUT2D eigenvalue weighted by Crippen LogP contribution is 2.31. The number of carbonyl (C=O) groups is 1. The van der Waals surface area contributed by atoms with Gasteiger partial charge in [0.15, 0.2) is 0 Å². The maximum atomic E-state index is 12.8. The fraction of sp³-hybridized carbons (Fsp3) is 0.316. The van der Waals surface area contributed by atoms with E-state index in [-0.39, 0.29) is 23.5 Å². The van der Waals surface area contributed by atoms with Crippen molar-refractivity contribution in [3.63, 3.8) is 0 Å². The van der Waals surface area contributed by atoms with Gasteiger partial charge in [0.2, 0.25) is 15.9 Å². The van der Waals surface area contributed by atoms with Crippen LogP contribution in [-0.4, -0.2) is 34.2 Å². The lowest BCUT2D eigenvalue weighted by atomic mass is 10.1. The molecule has 0 aromatic heterocycles. The lowest BCUT2D eigenvalue weighted by Crippen LogP contribution is -2.40. The van der Waals surface area contributed by atoms with Gasteiger partial charge >= 0.3 is 6.18 Å². The molecule has 0 aliphatic rings. The Hall–Kier alpha value is -2.75. The number of ether oxygens (including phenoxy) is 1. The molecule has 2 aromatic carbocycles. The zero-order valence-corrected chi connectivity index (χ0v) is 16.9. The molecular weight excluding hydrogens is 409 g/mol. The average Bonchev–Trinajstić information content (AvgIpc) is 2.63. The second-order valence-electron chi connectivity index (χ2n) is 6.42. The highest BCUT2D eigenvalue weighted by atomic mass is 32.2. The quantitative estimate of drug-likeness (QED) is 0.733. The molecule has 0 saturated carbocycles. The van der Waals surface area contributed by atoms with Crippen molar-refractivity contribution >= 4 is 21.6 Å². The van der Waals surface area contributed by atoms with Gasteiger partial charge in [0.1, 0.15) is 12.3 Å². The van der Waals surface area contributed by atoms with Crippen molar-refractivity contribution in [2.75, 3.05) is 24.2 Å². The van der Waals surface area contributed by atoms with Crippen LogP contribution in [0.4, 0.5) is 18.9 Å². The molecule has 6 nitrogen and oxygen atoms in total. The minimum atomic E-state index is -4.49. The third kappa shape index (κ3) is 6.11. The Morgan fingerprint density at radius 3 is 2.45 bits per heavy atom. The van der Waals surface area contributed by atoms with Crippen molar-refractivity contribution in [2.24, 2.45) is 0 Å². The van der Waals surface area contributed by atoms with E-state index >= 15 is 0 Å². The lowest BCUT2D eigenvalue weighted by molar-refractivity contribution is -0.137. The second kappa shape index (κ2) is 8.73. The van der Waals surface area contributed by atoms with Gasteiger partial charge < -0.3 is 10.1 Å². The molecule has 0 aliphatic carbocycles. The van der Waals surface area contributed by atoms with E-state index in [4.69, 9.17) is 4.74 Å². The second-order valence-corrected chi connectivity index (χ2v) is 8.33. The van der Waals surface area contributed by atoms with E-state index in [1.165, 1.54) is 19.2 Å². The van der Waals surface area contributed by atoms with Crippen LogP contribution >= 0.6 is 0 Å². The van der Waals surface area contributed by atoms with Crippen molar-refractivity contribution in [3.05, 3.63) is 59.2 Å². The molecule has 10 heteroatoms. The topological polar surface area (TPSA) is 75.7 Å². The van der Waals surface area contributed by atoms with Crippen LogP contribution in [-0.2, 0) is 27.5 Å². The molecule has 1 N–H and O–H groups in total. The highest BCUT2D eigenvalue weighted by Gasteiger charge is 2.30. The van der Waals surface area contributed by atoms with Gasteiger partial charge in [0, 0.05) is 6.54 Å². The standard InChI is InChI=1S/C19H21F3N2O4S/c1-13-7-8-17(28-2)16(9-13)24(29(3,26)27)12-18(25)23-11-14-5-4-6-15(10-14)19(20,21)22/h4-10H,11-12H2,1-3H3,(H,23,25). The molecule has 0 aliphatic heterocycles. The van der Waals surface area contributed by atoms with E-state index in [1.807, 2.05) is 0 Å². The highest BCUT2D eigenvalue weighted by molar-refractivity contribution is 7.92. The number of anilines is 1. The molecule has 0 saturated heterocycles. The van der Waals surface area contributed by atoms with Gasteiger partial charge in [0.25, 0.3) is 0 Å². The lowest BCUT2D eigenvalue weighted by Gasteiger charge is -2.24. The molecule has 29 heavy (non-hydrogen) atoms. The Kier molecular flexibility index (Phi) is 6.78. The first kappa shape index (κ1) is 22.5. The Morgan fingerprint density at radius 1 is 1.17 bits per heavy atom. The van der Waals surface area contributed by atoms with Crippen LogP contribution in [0.15, 0.2) is 42.5 Å². The SMILES string of the molecule is COc1ccc(C)cc1N(CC(=O)NCc1cccc(C(F)(F)F)c1)S(C)(=O)=O. The third-order valence-electron chi connectivity index (χ3n) is 4.03. The summed E-state index contributed by atoms with van der Waals surface area (Å²) in [6.07, 6.45) is -3.54. The summed E-state index contributed by atoms with van der Waals surface area (Å²) in [6.45, 7) is 1.04. The monoisotopic (exact) mass is 430 g/mol. The van der Waals surface area contributed by atoms with Gasteiger partial charge in [-0.25, -0.2) is 8.42 Å². The molecule has 0 fully saturated rings. The van der Waals surface area contributed by atoms with E-state index < -0.39 is 34.2 Å². The van der Waals surface area contributed by atoms with Crippen LogP contribution < -0.4 is 14.4 Å². The van der Waals surface area contributed by atoms with Gasteiger partial charge in [-0.1, -0.05) is 18.2 Å². The summed E-state index contributed by atoms with van der Waals surface area (Å²) in [5, 5.41) is 2.45. The average molecular weight is 430 g/mol. The zero-order chi connectivity index (χ0) is 21.8. The summed E-state index contributed by atoms with van der Waals surface area (Å²) >= 11 is 0. The summed E-state index contributed by atoms with van der Waals surface area (Å²) in [7, 11) is -2.45. The van der Waals surface area contributed by atoms with Crippen LogP contribution in [0.2, 0.25) is 0 Å². The predicted octanol–water partition coefficient (Wildman–Crippen LogP) is 3.10. The molecular formula is C19H21F3N2O4S. The molecule has 2 aromatic rings. The number of sulfonamides is 1. The molecule has 0 atom stereocenters. The van der Waals surface area contributed by atoms with Crippen molar-refractivity contribution in [3.8, 4) is 5.75 Å². The number of hydrogen-bond acceptors (Lipinski definition) is 4. The van der Waals surface area contributed by atoms with Gasteiger partial charge in [-0.2, -0.15) is 13.2 Å². The summed E-state index contributed by atoms with van der Waals surface area (Å²) in [6, 6.07) is 9.43. The van der Waals surface area contributed by atoms with E-state index in [9.17, 15) is 26.4 Å². The summed E-state index contributed by atoms with van der Waals surface area (Å²) in [5.74, 6) is -0.400. The third-order valence-corrected chi connectivity index (χ3v) is 5.16. The minimum absolute atomic E-state index is 0.175. The number of hydrogen-bond donors (Lipinski definition) is 1. The van der Waals surface area contributed by atoms with Crippen LogP contribution in [0.1, 0.15) is 16.7 Å². The Balaban J connectivity index is 2.18. The fourth-order valence-corrected chi connectivity index (χ4v) is 3.47. The van der Waals surface area contributed by atoms with Crippen molar-refractivity contribution in [1.29, 1.82) is 0 Å². The molecule has 2 rings (SSSR count). The van der Waals surface area contributed by atoms with Gasteiger partial charge in [0.05, 0.1) is 24.6 Å². The van der Waals surface area contributed by atoms with Gasteiger partial charge in [-0.05, 0) is 42.3 Å². The van der Waals surface area contributed by atoms with Gasteiger partial charge in [-0.3, -0.25) is 9.10 Å².